The minimum atomic E-state index is -1.31. The molecule has 3 aromatic carbocycles. The number of carbonyl (C=O) groups is 1. The van der Waals surface area contributed by atoms with Crippen molar-refractivity contribution >= 4 is 22.4 Å². The number of carbonyl (C=O) groups excluding carboxylic acids is 1. The van der Waals surface area contributed by atoms with Gasteiger partial charge >= 0.3 is 0 Å². The summed E-state index contributed by atoms with van der Waals surface area (Å²) in [7, 11) is 0. The zero-order valence-corrected chi connectivity index (χ0v) is 15.3. The van der Waals surface area contributed by atoms with Crippen LogP contribution < -0.4 is 15.8 Å². The van der Waals surface area contributed by atoms with E-state index in [4.69, 9.17) is 15.6 Å². The number of anilines is 1. The van der Waals surface area contributed by atoms with E-state index in [0.29, 0.717) is 12.3 Å². The number of hydrogen-bond donors (Lipinski definition) is 3. The quantitative estimate of drug-likeness (QED) is 0.601. The molecule has 0 heterocycles. The number of ether oxygens (including phenoxy) is 1. The highest BCUT2D eigenvalue weighted by molar-refractivity contribution is 5.97. The molecule has 140 valence electrons. The molecule has 0 saturated heterocycles. The number of aliphatic hydroxyl groups excluding tert-OH is 1. The molecule has 0 saturated carbocycles. The molecule has 0 bridgehead atoms. The van der Waals surface area contributed by atoms with Crippen LogP contribution in [0.1, 0.15) is 12.5 Å². The van der Waals surface area contributed by atoms with Crippen LogP contribution in [0, 0.1) is 0 Å². The Morgan fingerprint density at radius 1 is 1.07 bits per heavy atom. The molecule has 5 nitrogen and oxygen atoms in total. The minimum absolute atomic E-state index is 0.422. The number of amides is 1. The van der Waals surface area contributed by atoms with Crippen LogP contribution in [-0.4, -0.2) is 29.8 Å². The maximum absolute atomic E-state index is 12.0. The van der Waals surface area contributed by atoms with Crippen molar-refractivity contribution in [2.24, 2.45) is 5.73 Å². The Labute approximate surface area is 158 Å². The van der Waals surface area contributed by atoms with Crippen molar-refractivity contribution in [3.8, 4) is 5.75 Å². The summed E-state index contributed by atoms with van der Waals surface area (Å²) in [5.74, 6) is 0.292. The van der Waals surface area contributed by atoms with Crippen LogP contribution >= 0.6 is 0 Å². The highest BCUT2D eigenvalue weighted by Crippen LogP contribution is 2.20. The van der Waals surface area contributed by atoms with Gasteiger partial charge in [0.1, 0.15) is 11.3 Å². The first-order valence-electron chi connectivity index (χ1n) is 8.90. The molecule has 0 spiro atoms. The first-order chi connectivity index (χ1) is 13.0. The normalized spacial score (nSPS) is 13.1. The molecule has 0 aliphatic heterocycles. The Bertz CT molecular complexity index is 915. The molecule has 27 heavy (non-hydrogen) atoms. The van der Waals surface area contributed by atoms with Crippen molar-refractivity contribution < 1.29 is 14.6 Å². The smallest absolute Gasteiger partial charge is 0.246 e. The van der Waals surface area contributed by atoms with E-state index in [-0.39, 0.29) is 0 Å². The van der Waals surface area contributed by atoms with Gasteiger partial charge in [0.25, 0.3) is 0 Å². The minimum Gasteiger partial charge on any atom is -0.493 e. The molecule has 4 N–H and O–H groups in total. The van der Waals surface area contributed by atoms with Crippen molar-refractivity contribution in [3.05, 3.63) is 72.3 Å². The summed E-state index contributed by atoms with van der Waals surface area (Å²) in [6, 6.07) is 21.7. The number of nitrogens with two attached hydrogens (primary N) is 1. The third-order valence-corrected chi connectivity index (χ3v) is 4.48. The fraction of sp³-hybridized carbons (Fsp3) is 0.227. The van der Waals surface area contributed by atoms with Gasteiger partial charge in [-0.05, 0) is 47.5 Å². The molecule has 1 amide bonds. The summed E-state index contributed by atoms with van der Waals surface area (Å²) in [5, 5.41) is 14.3. The second-order valence-electron chi connectivity index (χ2n) is 6.79. The molecule has 1 atom stereocenters. The van der Waals surface area contributed by atoms with Gasteiger partial charge in [-0.25, -0.2) is 0 Å². The molecule has 0 radical (unpaired) electrons. The predicted molar refractivity (Wildman–Crippen MR) is 108 cm³/mol. The van der Waals surface area contributed by atoms with Gasteiger partial charge in [0, 0.05) is 12.1 Å². The van der Waals surface area contributed by atoms with E-state index >= 15 is 0 Å². The van der Waals surface area contributed by atoms with Crippen LogP contribution in [0.15, 0.2) is 66.7 Å². The van der Waals surface area contributed by atoms with Crippen LogP contribution in [0.4, 0.5) is 5.69 Å². The van der Waals surface area contributed by atoms with Gasteiger partial charge in [-0.15, -0.1) is 0 Å². The molecule has 3 rings (SSSR count). The van der Waals surface area contributed by atoms with Crippen molar-refractivity contribution in [1.82, 2.24) is 0 Å². The average Bonchev–Trinajstić information content (AvgIpc) is 2.69. The molecule has 0 aromatic heterocycles. The Morgan fingerprint density at radius 3 is 2.52 bits per heavy atom. The summed E-state index contributed by atoms with van der Waals surface area (Å²) < 4.78 is 5.83. The Kier molecular flexibility index (Phi) is 5.74. The van der Waals surface area contributed by atoms with Crippen molar-refractivity contribution in [3.63, 3.8) is 0 Å². The van der Waals surface area contributed by atoms with E-state index in [1.165, 1.54) is 23.3 Å². The van der Waals surface area contributed by atoms with Crippen LogP contribution in [0.25, 0.3) is 10.8 Å². The lowest BCUT2D eigenvalue weighted by molar-refractivity contribution is -0.121. The summed E-state index contributed by atoms with van der Waals surface area (Å²) in [5.41, 5.74) is 6.26. The third kappa shape index (κ3) is 4.64. The second kappa shape index (κ2) is 8.20. The Morgan fingerprint density at radius 2 is 1.78 bits per heavy atom. The summed E-state index contributed by atoms with van der Waals surface area (Å²) in [6.07, 6.45) is 0.807. The van der Waals surface area contributed by atoms with E-state index in [1.54, 1.807) is 24.3 Å². The van der Waals surface area contributed by atoms with Gasteiger partial charge in [-0.2, -0.15) is 0 Å². The molecular weight excluding hydrogens is 340 g/mol. The van der Waals surface area contributed by atoms with Gasteiger partial charge in [0.05, 0.1) is 13.2 Å². The zero-order chi connectivity index (χ0) is 19.3. The fourth-order valence-electron chi connectivity index (χ4n) is 2.77. The van der Waals surface area contributed by atoms with Gasteiger partial charge < -0.3 is 20.9 Å². The van der Waals surface area contributed by atoms with Crippen LogP contribution in [-0.2, 0) is 11.2 Å². The molecule has 0 aliphatic carbocycles. The van der Waals surface area contributed by atoms with E-state index in [2.05, 4.69) is 35.6 Å². The Balaban J connectivity index is 1.57. The van der Waals surface area contributed by atoms with Crippen molar-refractivity contribution in [2.45, 2.75) is 18.9 Å². The number of aliphatic hydroxyl groups is 1. The van der Waals surface area contributed by atoms with Gasteiger partial charge in [-0.1, -0.05) is 42.5 Å². The lowest BCUT2D eigenvalue weighted by Gasteiger charge is -2.20. The number of hydrogen-bond acceptors (Lipinski definition) is 4. The van der Waals surface area contributed by atoms with Gasteiger partial charge in [0.2, 0.25) is 5.91 Å². The lowest BCUT2D eigenvalue weighted by Crippen LogP contribution is -2.51. The van der Waals surface area contributed by atoms with E-state index < -0.39 is 18.1 Å². The molecular formula is C22H24N2O3. The van der Waals surface area contributed by atoms with Crippen molar-refractivity contribution in [1.29, 1.82) is 0 Å². The van der Waals surface area contributed by atoms with Gasteiger partial charge in [0.15, 0.2) is 0 Å². The van der Waals surface area contributed by atoms with E-state index in [0.717, 1.165) is 12.2 Å². The summed E-state index contributed by atoms with van der Waals surface area (Å²) in [4.78, 5) is 12.0. The largest absolute Gasteiger partial charge is 0.493 e. The monoisotopic (exact) mass is 364 g/mol. The highest BCUT2D eigenvalue weighted by atomic mass is 16.5. The standard InChI is InChI=1S/C22H24N2O3/c1-22(23,15-25)21(26)24-18-9-11-19(12-10-18)27-14-13-17-7-4-6-16-5-2-3-8-20(16)17/h2-12,25H,13-15,23H2,1H3,(H,24,26)/t22-/m0/s1. The number of rotatable bonds is 7. The molecule has 5 heteroatoms. The topological polar surface area (TPSA) is 84.6 Å². The fourth-order valence-corrected chi connectivity index (χ4v) is 2.77. The van der Waals surface area contributed by atoms with Crippen molar-refractivity contribution in [2.75, 3.05) is 18.5 Å². The predicted octanol–water partition coefficient (Wildman–Crippen LogP) is 3.11. The SMILES string of the molecule is C[C@](N)(CO)C(=O)Nc1ccc(OCCc2cccc3ccccc23)cc1. The zero-order valence-electron chi connectivity index (χ0n) is 15.3. The van der Waals surface area contributed by atoms with Crippen LogP contribution in [0.3, 0.4) is 0 Å². The molecule has 0 aliphatic rings. The summed E-state index contributed by atoms with van der Waals surface area (Å²) in [6.45, 7) is 1.62. The maximum atomic E-state index is 12.0. The first-order valence-corrected chi connectivity index (χ1v) is 8.90. The third-order valence-electron chi connectivity index (χ3n) is 4.48. The maximum Gasteiger partial charge on any atom is 0.246 e. The second-order valence-corrected chi connectivity index (χ2v) is 6.79. The number of fused-ring (bicyclic) bond motifs is 1. The van der Waals surface area contributed by atoms with E-state index in [9.17, 15) is 4.79 Å². The first kappa shape index (κ1) is 18.9. The Hall–Kier alpha value is -2.89. The summed E-state index contributed by atoms with van der Waals surface area (Å²) >= 11 is 0. The number of nitrogens with one attached hydrogen (secondary N) is 1. The number of benzene rings is 3. The molecule has 0 unspecified atom stereocenters. The van der Waals surface area contributed by atoms with Crippen LogP contribution in [0.2, 0.25) is 0 Å². The average molecular weight is 364 g/mol. The highest BCUT2D eigenvalue weighted by Gasteiger charge is 2.27. The molecule has 0 fully saturated rings. The van der Waals surface area contributed by atoms with E-state index in [1.807, 2.05) is 12.1 Å². The molecule has 3 aromatic rings. The lowest BCUT2D eigenvalue weighted by atomic mass is 10.0. The van der Waals surface area contributed by atoms with Crippen LogP contribution in [0.5, 0.6) is 5.75 Å². The van der Waals surface area contributed by atoms with Gasteiger partial charge in [-0.3, -0.25) is 4.79 Å².